The quantitative estimate of drug-likeness (QED) is 0.890. The molecule has 0 aliphatic carbocycles. The third-order valence-electron chi connectivity index (χ3n) is 2.62. The summed E-state index contributed by atoms with van der Waals surface area (Å²) in [7, 11) is -3.97. The number of sulfonamides is 1. The minimum atomic E-state index is -3.97. The number of ether oxygens (including phenoxy) is 1. The van der Waals surface area contributed by atoms with E-state index in [1.165, 1.54) is 18.2 Å². The lowest BCUT2D eigenvalue weighted by atomic mass is 10.2. The van der Waals surface area contributed by atoms with Crippen LogP contribution in [0.1, 0.15) is 5.56 Å². The Hall–Kier alpha value is -1.51. The van der Waals surface area contributed by atoms with Crippen LogP contribution in [0.5, 0.6) is 5.75 Å². The van der Waals surface area contributed by atoms with Crippen LogP contribution in [0.25, 0.3) is 0 Å². The SMILES string of the molecule is NS(=O)(=O)c1ccc(OCc2cc(F)ccc2Br)c(F)c1. The molecular weight excluding hydrogens is 368 g/mol. The fourth-order valence-corrected chi connectivity index (χ4v) is 2.47. The third-order valence-corrected chi connectivity index (χ3v) is 4.31. The number of hydrogen-bond acceptors (Lipinski definition) is 3. The smallest absolute Gasteiger partial charge is 0.238 e. The van der Waals surface area contributed by atoms with E-state index in [0.29, 0.717) is 10.0 Å². The molecule has 2 aromatic rings. The number of nitrogens with two attached hydrogens (primary N) is 1. The van der Waals surface area contributed by atoms with Crippen molar-refractivity contribution in [2.75, 3.05) is 0 Å². The van der Waals surface area contributed by atoms with Gasteiger partial charge < -0.3 is 4.74 Å². The van der Waals surface area contributed by atoms with Gasteiger partial charge in [-0.15, -0.1) is 0 Å². The second-order valence-electron chi connectivity index (χ2n) is 4.16. The van der Waals surface area contributed by atoms with Crippen molar-refractivity contribution in [2.24, 2.45) is 5.14 Å². The molecule has 0 amide bonds. The Balaban J connectivity index is 2.19. The fourth-order valence-electron chi connectivity index (χ4n) is 1.59. The lowest BCUT2D eigenvalue weighted by Gasteiger charge is -2.09. The zero-order valence-corrected chi connectivity index (χ0v) is 12.9. The highest BCUT2D eigenvalue weighted by Crippen LogP contribution is 2.24. The molecule has 2 aromatic carbocycles. The van der Waals surface area contributed by atoms with Gasteiger partial charge in [0.1, 0.15) is 12.4 Å². The molecule has 112 valence electrons. The zero-order chi connectivity index (χ0) is 15.6. The molecule has 2 N–H and O–H groups in total. The predicted octanol–water partition coefficient (Wildman–Crippen LogP) is 2.95. The van der Waals surface area contributed by atoms with E-state index in [9.17, 15) is 17.2 Å². The summed E-state index contributed by atoms with van der Waals surface area (Å²) in [5.41, 5.74) is 0.491. The minimum Gasteiger partial charge on any atom is -0.486 e. The molecule has 0 aliphatic heterocycles. The zero-order valence-electron chi connectivity index (χ0n) is 10.5. The number of primary sulfonamides is 1. The molecular formula is C13H10BrF2NO3S. The summed E-state index contributed by atoms with van der Waals surface area (Å²) in [4.78, 5) is -0.348. The second-order valence-corrected chi connectivity index (χ2v) is 6.58. The molecule has 21 heavy (non-hydrogen) atoms. The Labute approximate surface area is 128 Å². The van der Waals surface area contributed by atoms with E-state index in [-0.39, 0.29) is 17.3 Å². The highest BCUT2D eigenvalue weighted by molar-refractivity contribution is 9.10. The van der Waals surface area contributed by atoms with E-state index < -0.39 is 21.7 Å². The molecule has 0 aliphatic rings. The van der Waals surface area contributed by atoms with Crippen molar-refractivity contribution in [3.8, 4) is 5.75 Å². The van der Waals surface area contributed by atoms with Gasteiger partial charge >= 0.3 is 0 Å². The molecule has 0 saturated heterocycles. The number of hydrogen-bond donors (Lipinski definition) is 1. The van der Waals surface area contributed by atoms with Crippen molar-refractivity contribution < 1.29 is 21.9 Å². The molecule has 0 spiro atoms. The third kappa shape index (κ3) is 3.99. The highest BCUT2D eigenvalue weighted by Gasteiger charge is 2.13. The van der Waals surface area contributed by atoms with E-state index in [1.54, 1.807) is 0 Å². The highest BCUT2D eigenvalue weighted by atomic mass is 79.9. The predicted molar refractivity (Wildman–Crippen MR) is 76.2 cm³/mol. The molecule has 0 bridgehead atoms. The monoisotopic (exact) mass is 377 g/mol. The normalized spacial score (nSPS) is 11.4. The molecule has 0 radical (unpaired) electrons. The molecule has 0 fully saturated rings. The fraction of sp³-hybridized carbons (Fsp3) is 0.0769. The van der Waals surface area contributed by atoms with Crippen molar-refractivity contribution in [1.29, 1.82) is 0 Å². The van der Waals surface area contributed by atoms with Crippen LogP contribution >= 0.6 is 15.9 Å². The van der Waals surface area contributed by atoms with Crippen LogP contribution in [0.2, 0.25) is 0 Å². The van der Waals surface area contributed by atoms with Gasteiger partial charge in [-0.2, -0.15) is 0 Å². The van der Waals surface area contributed by atoms with Gasteiger partial charge in [0, 0.05) is 10.0 Å². The Bertz CT molecular complexity index is 781. The molecule has 0 heterocycles. The van der Waals surface area contributed by atoms with Crippen molar-refractivity contribution >= 4 is 26.0 Å². The van der Waals surface area contributed by atoms with E-state index in [4.69, 9.17) is 9.88 Å². The van der Waals surface area contributed by atoms with Gasteiger partial charge in [-0.3, -0.25) is 0 Å². The first kappa shape index (κ1) is 15.9. The van der Waals surface area contributed by atoms with Crippen molar-refractivity contribution in [3.63, 3.8) is 0 Å². The van der Waals surface area contributed by atoms with Crippen LogP contribution in [0.4, 0.5) is 8.78 Å². The van der Waals surface area contributed by atoms with Crippen LogP contribution in [-0.2, 0) is 16.6 Å². The van der Waals surface area contributed by atoms with Crippen LogP contribution in [-0.4, -0.2) is 8.42 Å². The van der Waals surface area contributed by atoms with Gasteiger partial charge in [0.2, 0.25) is 10.0 Å². The minimum absolute atomic E-state index is 0.0794. The molecule has 0 unspecified atom stereocenters. The maximum atomic E-state index is 13.7. The topological polar surface area (TPSA) is 69.4 Å². The number of halogens is 3. The van der Waals surface area contributed by atoms with Gasteiger partial charge in [-0.25, -0.2) is 22.3 Å². The summed E-state index contributed by atoms with van der Waals surface area (Å²) in [6.07, 6.45) is 0. The van der Waals surface area contributed by atoms with Crippen molar-refractivity contribution in [2.45, 2.75) is 11.5 Å². The van der Waals surface area contributed by atoms with Crippen LogP contribution in [0.15, 0.2) is 45.8 Å². The first-order chi connectivity index (χ1) is 9.77. The summed E-state index contributed by atoms with van der Waals surface area (Å²) in [6, 6.07) is 7.09. The van der Waals surface area contributed by atoms with E-state index in [0.717, 1.165) is 18.2 Å². The van der Waals surface area contributed by atoms with Gasteiger partial charge in [0.15, 0.2) is 11.6 Å². The first-order valence-corrected chi connectivity index (χ1v) is 8.00. The number of rotatable bonds is 4. The van der Waals surface area contributed by atoms with Gasteiger partial charge in [0.25, 0.3) is 0 Å². The summed E-state index contributed by atoms with van der Waals surface area (Å²) in [5.74, 6) is -1.46. The summed E-state index contributed by atoms with van der Waals surface area (Å²) < 4.78 is 54.8. The van der Waals surface area contributed by atoms with Gasteiger partial charge in [-0.1, -0.05) is 15.9 Å². The summed E-state index contributed by atoms with van der Waals surface area (Å²) in [5, 5.41) is 4.89. The Morgan fingerprint density at radius 3 is 2.48 bits per heavy atom. The first-order valence-electron chi connectivity index (χ1n) is 5.66. The standard InChI is InChI=1S/C13H10BrF2NO3S/c14-11-3-1-9(15)5-8(11)7-20-13-4-2-10(6-12(13)16)21(17,18)19/h1-6H,7H2,(H2,17,18,19). The Kier molecular flexibility index (Phi) is 4.60. The summed E-state index contributed by atoms with van der Waals surface area (Å²) >= 11 is 3.22. The number of benzene rings is 2. The Morgan fingerprint density at radius 2 is 1.86 bits per heavy atom. The van der Waals surface area contributed by atoms with Crippen molar-refractivity contribution in [3.05, 3.63) is 58.1 Å². The molecule has 2 rings (SSSR count). The lowest BCUT2D eigenvalue weighted by molar-refractivity contribution is 0.288. The molecule has 0 saturated carbocycles. The largest absolute Gasteiger partial charge is 0.486 e. The molecule has 8 heteroatoms. The maximum absolute atomic E-state index is 13.7. The van der Waals surface area contributed by atoms with Gasteiger partial charge in [0.05, 0.1) is 4.90 Å². The average Bonchev–Trinajstić information content (AvgIpc) is 2.40. The Morgan fingerprint density at radius 1 is 1.14 bits per heavy atom. The molecule has 0 aromatic heterocycles. The van der Waals surface area contributed by atoms with Crippen LogP contribution in [0.3, 0.4) is 0 Å². The second kappa shape index (κ2) is 6.08. The van der Waals surface area contributed by atoms with Crippen LogP contribution in [0, 0.1) is 11.6 Å². The van der Waals surface area contributed by atoms with Gasteiger partial charge in [-0.05, 0) is 36.4 Å². The maximum Gasteiger partial charge on any atom is 0.238 e. The lowest BCUT2D eigenvalue weighted by Crippen LogP contribution is -2.12. The molecule has 4 nitrogen and oxygen atoms in total. The summed E-state index contributed by atoms with van der Waals surface area (Å²) in [6.45, 7) is -0.0794. The molecule has 0 atom stereocenters. The van der Waals surface area contributed by atoms with E-state index in [2.05, 4.69) is 15.9 Å². The average molecular weight is 378 g/mol. The van der Waals surface area contributed by atoms with E-state index in [1.807, 2.05) is 0 Å². The van der Waals surface area contributed by atoms with Crippen molar-refractivity contribution in [1.82, 2.24) is 0 Å². The van der Waals surface area contributed by atoms with Crippen LogP contribution < -0.4 is 9.88 Å². The van der Waals surface area contributed by atoms with E-state index >= 15 is 0 Å².